The van der Waals surface area contributed by atoms with Gasteiger partial charge in [0.2, 0.25) is 10.0 Å². The van der Waals surface area contributed by atoms with Gasteiger partial charge in [-0.05, 0) is 36.1 Å². The fourth-order valence-electron chi connectivity index (χ4n) is 2.60. The second-order valence-electron chi connectivity index (χ2n) is 5.80. The summed E-state index contributed by atoms with van der Waals surface area (Å²) >= 11 is 0. The zero-order valence-electron chi connectivity index (χ0n) is 13.5. The number of sulfonamides is 1. The van der Waals surface area contributed by atoms with E-state index in [2.05, 4.69) is 4.98 Å². The van der Waals surface area contributed by atoms with E-state index in [9.17, 15) is 18.0 Å². The summed E-state index contributed by atoms with van der Waals surface area (Å²) in [7, 11) is -3.75. The second kappa shape index (κ2) is 6.56. The smallest absolute Gasteiger partial charge is 0.305 e. The Labute approximate surface area is 144 Å². The predicted octanol–water partition coefficient (Wildman–Crippen LogP) is 0.978. The Bertz CT molecular complexity index is 1130. The fraction of sp³-hybridized carbons (Fsp3) is 0.176. The molecule has 0 fully saturated rings. The molecule has 2 N–H and O–H groups in total. The molecule has 0 aliphatic carbocycles. The molecule has 0 bridgehead atoms. The highest BCUT2D eigenvalue weighted by molar-refractivity contribution is 7.91. The minimum absolute atomic E-state index is 0.235. The summed E-state index contributed by atoms with van der Waals surface area (Å²) in [5.41, 5.74) is 1.01. The molecule has 0 spiro atoms. The van der Waals surface area contributed by atoms with Crippen LogP contribution in [0.4, 0.5) is 0 Å². The summed E-state index contributed by atoms with van der Waals surface area (Å²) in [5, 5.41) is 0.235. The van der Waals surface area contributed by atoms with Crippen molar-refractivity contribution in [1.29, 1.82) is 0 Å². The molecule has 1 heterocycles. The summed E-state index contributed by atoms with van der Waals surface area (Å²) in [4.78, 5) is 28.8. The van der Waals surface area contributed by atoms with Gasteiger partial charge in [0.15, 0.2) is 0 Å². The van der Waals surface area contributed by atoms with Gasteiger partial charge in [-0.1, -0.05) is 36.4 Å². The van der Waals surface area contributed by atoms with Crippen LogP contribution in [0.15, 0.2) is 58.1 Å². The summed E-state index contributed by atoms with van der Waals surface area (Å²) < 4.78 is 23.0. The van der Waals surface area contributed by atoms with E-state index in [1.807, 2.05) is 35.2 Å². The number of aromatic nitrogens is 2. The van der Waals surface area contributed by atoms with E-state index in [1.54, 1.807) is 18.2 Å². The first kappa shape index (κ1) is 17.0. The van der Waals surface area contributed by atoms with Crippen molar-refractivity contribution >= 4 is 20.9 Å². The van der Waals surface area contributed by atoms with Crippen molar-refractivity contribution in [3.63, 3.8) is 0 Å². The number of H-pyrrole nitrogens is 1. The van der Waals surface area contributed by atoms with E-state index in [0.29, 0.717) is 10.2 Å². The normalized spacial score (nSPS) is 11.6. The van der Waals surface area contributed by atoms with Crippen LogP contribution in [-0.2, 0) is 22.9 Å². The van der Waals surface area contributed by atoms with Crippen molar-refractivity contribution < 1.29 is 8.42 Å². The van der Waals surface area contributed by atoms with Gasteiger partial charge < -0.3 is 4.98 Å². The number of nitrogens with zero attached hydrogens (tertiary/aromatic N) is 1. The number of rotatable bonds is 5. The molecule has 2 aromatic carbocycles. The van der Waals surface area contributed by atoms with Crippen LogP contribution in [0.25, 0.3) is 10.9 Å². The molecule has 7 nitrogen and oxygen atoms in total. The third kappa shape index (κ3) is 3.97. The van der Waals surface area contributed by atoms with Crippen LogP contribution < -0.4 is 16.1 Å². The Morgan fingerprint density at radius 2 is 1.68 bits per heavy atom. The average Bonchev–Trinajstić information content (AvgIpc) is 2.56. The molecule has 130 valence electrons. The quantitative estimate of drug-likeness (QED) is 0.709. The van der Waals surface area contributed by atoms with Gasteiger partial charge in [0.1, 0.15) is 0 Å². The van der Waals surface area contributed by atoms with Crippen LogP contribution in [-0.4, -0.2) is 24.3 Å². The summed E-state index contributed by atoms with van der Waals surface area (Å²) in [5.74, 6) is 0. The first-order chi connectivity index (χ1) is 11.8. The van der Waals surface area contributed by atoms with Crippen molar-refractivity contribution in [2.24, 2.45) is 0 Å². The molecule has 25 heavy (non-hydrogen) atoms. The standard InChI is InChI=1S/C17H17N3O4S/c1-25(23,24)19-20-16(21)14-10-9-13(11-15(14)18-17(20)22)8-7-12-5-3-2-4-6-12/h2-6,9-11,19H,7-8H2,1H3,(H,18,22). The molecule has 3 rings (SSSR count). The van der Waals surface area contributed by atoms with Crippen LogP contribution in [0.3, 0.4) is 0 Å². The zero-order valence-corrected chi connectivity index (χ0v) is 14.3. The highest BCUT2D eigenvalue weighted by atomic mass is 32.2. The maximum absolute atomic E-state index is 12.3. The first-order valence-corrected chi connectivity index (χ1v) is 9.52. The summed E-state index contributed by atoms with van der Waals surface area (Å²) in [6, 6.07) is 15.1. The zero-order chi connectivity index (χ0) is 18.0. The van der Waals surface area contributed by atoms with Crippen molar-refractivity contribution in [2.45, 2.75) is 12.8 Å². The molecule has 8 heteroatoms. The topological polar surface area (TPSA) is 101 Å². The number of benzene rings is 2. The van der Waals surface area contributed by atoms with Gasteiger partial charge in [-0.2, -0.15) is 4.68 Å². The van der Waals surface area contributed by atoms with Gasteiger partial charge in [-0.15, -0.1) is 0 Å². The van der Waals surface area contributed by atoms with Gasteiger partial charge in [0.25, 0.3) is 5.56 Å². The molecule has 0 atom stereocenters. The van der Waals surface area contributed by atoms with Crippen molar-refractivity contribution in [1.82, 2.24) is 9.66 Å². The lowest BCUT2D eigenvalue weighted by molar-refractivity contribution is 0.598. The van der Waals surface area contributed by atoms with Crippen molar-refractivity contribution in [2.75, 3.05) is 11.1 Å². The Hall–Kier alpha value is -2.87. The number of hydrogen-bond acceptors (Lipinski definition) is 4. The van der Waals surface area contributed by atoms with Crippen LogP contribution in [0.1, 0.15) is 11.1 Å². The maximum atomic E-state index is 12.3. The molecule has 0 saturated carbocycles. The molecular weight excluding hydrogens is 342 g/mol. The summed E-state index contributed by atoms with van der Waals surface area (Å²) in [6.45, 7) is 0. The molecule has 0 amide bonds. The summed E-state index contributed by atoms with van der Waals surface area (Å²) in [6.07, 6.45) is 2.46. The fourth-order valence-corrected chi connectivity index (χ4v) is 3.10. The molecular formula is C17H17N3O4S. The van der Waals surface area contributed by atoms with E-state index in [1.165, 1.54) is 5.56 Å². The Balaban J connectivity index is 1.95. The molecule has 0 saturated heterocycles. The molecule has 0 aliphatic rings. The molecule has 3 aromatic rings. The Kier molecular flexibility index (Phi) is 4.45. The third-order valence-electron chi connectivity index (χ3n) is 3.76. The number of aromatic amines is 1. The third-order valence-corrected chi connectivity index (χ3v) is 4.28. The van der Waals surface area contributed by atoms with Crippen LogP contribution in [0.5, 0.6) is 0 Å². The lowest BCUT2D eigenvalue weighted by atomic mass is 10.0. The Morgan fingerprint density at radius 1 is 1.00 bits per heavy atom. The molecule has 0 radical (unpaired) electrons. The number of aryl methyl sites for hydroxylation is 2. The van der Waals surface area contributed by atoms with Gasteiger partial charge >= 0.3 is 5.69 Å². The van der Waals surface area contributed by atoms with Crippen molar-refractivity contribution in [3.05, 3.63) is 80.5 Å². The average molecular weight is 359 g/mol. The van der Waals surface area contributed by atoms with E-state index in [-0.39, 0.29) is 5.39 Å². The lowest BCUT2D eigenvalue weighted by Gasteiger charge is -2.08. The predicted molar refractivity (Wildman–Crippen MR) is 96.9 cm³/mol. The van der Waals surface area contributed by atoms with Crippen LogP contribution in [0, 0.1) is 0 Å². The number of nitrogens with one attached hydrogen (secondary N) is 2. The molecule has 0 unspecified atom stereocenters. The minimum atomic E-state index is -3.75. The minimum Gasteiger partial charge on any atom is -0.305 e. The first-order valence-electron chi connectivity index (χ1n) is 7.63. The van der Waals surface area contributed by atoms with Crippen molar-refractivity contribution in [3.8, 4) is 0 Å². The largest absolute Gasteiger partial charge is 0.348 e. The van der Waals surface area contributed by atoms with Gasteiger partial charge in [0.05, 0.1) is 17.2 Å². The number of hydrogen-bond donors (Lipinski definition) is 2. The van der Waals surface area contributed by atoms with E-state index >= 15 is 0 Å². The van der Waals surface area contributed by atoms with E-state index < -0.39 is 21.3 Å². The number of fused-ring (bicyclic) bond motifs is 1. The van der Waals surface area contributed by atoms with E-state index in [0.717, 1.165) is 24.7 Å². The van der Waals surface area contributed by atoms with Crippen LogP contribution in [0.2, 0.25) is 0 Å². The second-order valence-corrected chi connectivity index (χ2v) is 7.53. The SMILES string of the molecule is CS(=O)(=O)Nn1c(=O)[nH]c2cc(CCc3ccccc3)ccc2c1=O. The maximum Gasteiger partial charge on any atom is 0.348 e. The van der Waals surface area contributed by atoms with Gasteiger partial charge in [-0.25, -0.2) is 18.0 Å². The highest BCUT2D eigenvalue weighted by Crippen LogP contribution is 2.12. The lowest BCUT2D eigenvalue weighted by Crippen LogP contribution is -2.43. The Morgan fingerprint density at radius 3 is 2.36 bits per heavy atom. The molecule has 1 aromatic heterocycles. The van der Waals surface area contributed by atoms with Gasteiger partial charge in [0, 0.05) is 0 Å². The van der Waals surface area contributed by atoms with Gasteiger partial charge in [-0.3, -0.25) is 4.79 Å². The highest BCUT2D eigenvalue weighted by Gasteiger charge is 2.11. The van der Waals surface area contributed by atoms with Crippen LogP contribution >= 0.6 is 0 Å². The monoisotopic (exact) mass is 359 g/mol. The molecule has 0 aliphatic heterocycles. The van der Waals surface area contributed by atoms with E-state index in [4.69, 9.17) is 0 Å².